The van der Waals surface area contributed by atoms with Gasteiger partial charge in [0.1, 0.15) is 17.6 Å². The molecule has 34 heavy (non-hydrogen) atoms. The fourth-order valence-corrected chi connectivity index (χ4v) is 4.91. The minimum Gasteiger partial charge on any atom is -0.368 e. The number of imidazole rings is 1. The Morgan fingerprint density at radius 1 is 1.15 bits per heavy atom. The highest BCUT2D eigenvalue weighted by Crippen LogP contribution is 2.40. The van der Waals surface area contributed by atoms with Gasteiger partial charge in [-0.05, 0) is 43.7 Å². The van der Waals surface area contributed by atoms with Crippen molar-refractivity contribution in [2.75, 3.05) is 6.54 Å². The molecule has 1 aromatic carbocycles. The van der Waals surface area contributed by atoms with Crippen LogP contribution in [0.4, 0.5) is 0 Å². The van der Waals surface area contributed by atoms with Gasteiger partial charge in [-0.3, -0.25) is 19.2 Å². The minimum absolute atomic E-state index is 0.0863. The number of nitrogens with one attached hydrogen (secondary N) is 2. The van der Waals surface area contributed by atoms with Gasteiger partial charge < -0.3 is 26.7 Å². The first-order chi connectivity index (χ1) is 16.2. The van der Waals surface area contributed by atoms with Crippen LogP contribution < -0.4 is 22.1 Å². The summed E-state index contributed by atoms with van der Waals surface area (Å²) in [6.45, 7) is 0.583. The van der Waals surface area contributed by atoms with Gasteiger partial charge in [-0.2, -0.15) is 0 Å². The molecule has 1 aliphatic carbocycles. The Morgan fingerprint density at radius 2 is 1.85 bits per heavy atom. The number of amides is 4. The van der Waals surface area contributed by atoms with Crippen LogP contribution in [0.25, 0.3) is 11.0 Å². The van der Waals surface area contributed by atoms with Crippen LogP contribution in [0.15, 0.2) is 12.1 Å². The summed E-state index contributed by atoms with van der Waals surface area (Å²) in [6, 6.07) is 1.10. The fourth-order valence-electron chi connectivity index (χ4n) is 4.47. The van der Waals surface area contributed by atoms with E-state index in [0.717, 1.165) is 19.3 Å². The van der Waals surface area contributed by atoms with E-state index in [1.54, 1.807) is 12.1 Å². The van der Waals surface area contributed by atoms with E-state index in [-0.39, 0.29) is 39.6 Å². The van der Waals surface area contributed by atoms with Crippen LogP contribution in [-0.4, -0.2) is 45.8 Å². The third-order valence-electron chi connectivity index (χ3n) is 6.41. The molecular formula is C22H26Cl2N6O4. The number of halogens is 2. The highest BCUT2D eigenvalue weighted by molar-refractivity contribution is 6.39. The lowest BCUT2D eigenvalue weighted by atomic mass is 9.91. The zero-order chi connectivity index (χ0) is 24.6. The Kier molecular flexibility index (Phi) is 6.99. The molecule has 10 nitrogen and oxygen atoms in total. The third-order valence-corrected chi connectivity index (χ3v) is 7.02. The molecule has 4 rings (SSSR count). The summed E-state index contributed by atoms with van der Waals surface area (Å²) in [5.41, 5.74) is 11.7. The molecule has 12 heteroatoms. The number of nitrogens with two attached hydrogens (primary N) is 2. The van der Waals surface area contributed by atoms with Crippen molar-refractivity contribution in [2.45, 2.75) is 50.6 Å². The molecule has 2 fully saturated rings. The van der Waals surface area contributed by atoms with Crippen molar-refractivity contribution in [1.82, 2.24) is 20.2 Å². The van der Waals surface area contributed by atoms with Crippen molar-refractivity contribution in [3.63, 3.8) is 0 Å². The second-order valence-corrected chi connectivity index (χ2v) is 9.73. The first kappa shape index (κ1) is 24.3. The van der Waals surface area contributed by atoms with E-state index in [1.807, 2.05) is 0 Å². The van der Waals surface area contributed by atoms with Gasteiger partial charge in [0.2, 0.25) is 23.5 Å². The molecule has 1 aromatic heterocycles. The summed E-state index contributed by atoms with van der Waals surface area (Å²) in [5.74, 6) is -2.64. The monoisotopic (exact) mass is 508 g/mol. The van der Waals surface area contributed by atoms with E-state index in [1.165, 1.54) is 4.57 Å². The molecule has 3 atom stereocenters. The van der Waals surface area contributed by atoms with Crippen LogP contribution in [0.2, 0.25) is 10.0 Å². The molecular weight excluding hydrogens is 483 g/mol. The van der Waals surface area contributed by atoms with Crippen LogP contribution >= 0.6 is 23.2 Å². The lowest BCUT2D eigenvalue weighted by Gasteiger charge is -2.27. The van der Waals surface area contributed by atoms with Crippen molar-refractivity contribution < 1.29 is 19.2 Å². The molecule has 1 saturated heterocycles. The number of primary amides is 2. The summed E-state index contributed by atoms with van der Waals surface area (Å²) in [7, 11) is 0. The third kappa shape index (κ3) is 4.97. The number of hydrogen-bond donors (Lipinski definition) is 4. The van der Waals surface area contributed by atoms with Gasteiger partial charge in [-0.15, -0.1) is 0 Å². The van der Waals surface area contributed by atoms with Gasteiger partial charge >= 0.3 is 0 Å². The fraction of sp³-hybridized carbons (Fsp3) is 0.500. The van der Waals surface area contributed by atoms with Crippen molar-refractivity contribution in [3.8, 4) is 0 Å². The molecule has 2 aliphatic rings. The number of rotatable bonds is 9. The van der Waals surface area contributed by atoms with Gasteiger partial charge in [0, 0.05) is 12.5 Å². The summed E-state index contributed by atoms with van der Waals surface area (Å²) >= 11 is 12.7. The molecule has 2 aromatic rings. The number of benzene rings is 1. The normalized spacial score (nSPS) is 19.9. The van der Waals surface area contributed by atoms with Crippen molar-refractivity contribution in [2.24, 2.45) is 23.3 Å². The number of nitrogens with zero attached hydrogens (tertiary/aromatic N) is 2. The van der Waals surface area contributed by atoms with E-state index >= 15 is 0 Å². The van der Waals surface area contributed by atoms with E-state index in [2.05, 4.69) is 15.6 Å². The average molecular weight is 509 g/mol. The number of carbonyl (C=O) groups is 4. The maximum absolute atomic E-state index is 13.6. The van der Waals surface area contributed by atoms with Gasteiger partial charge in [-0.1, -0.05) is 36.0 Å². The number of hydrogen-bond acceptors (Lipinski definition) is 5. The zero-order valence-electron chi connectivity index (χ0n) is 18.4. The Morgan fingerprint density at radius 3 is 2.47 bits per heavy atom. The van der Waals surface area contributed by atoms with Crippen LogP contribution in [0, 0.1) is 11.8 Å². The summed E-state index contributed by atoms with van der Waals surface area (Å²) in [5, 5.41) is 5.97. The molecule has 6 N–H and O–H groups in total. The highest BCUT2D eigenvalue weighted by Gasteiger charge is 2.37. The van der Waals surface area contributed by atoms with Crippen LogP contribution in [-0.2, 0) is 14.4 Å². The molecule has 0 unspecified atom stereocenters. The second kappa shape index (κ2) is 9.79. The molecule has 0 spiro atoms. The summed E-state index contributed by atoms with van der Waals surface area (Å²) < 4.78 is 1.41. The lowest BCUT2D eigenvalue weighted by Crippen LogP contribution is -2.50. The molecule has 2 heterocycles. The van der Waals surface area contributed by atoms with Gasteiger partial charge in [0.15, 0.2) is 0 Å². The summed E-state index contributed by atoms with van der Waals surface area (Å²) in [6.07, 6.45) is 3.71. The Bertz CT molecular complexity index is 1160. The van der Waals surface area contributed by atoms with Crippen molar-refractivity contribution >= 4 is 57.9 Å². The van der Waals surface area contributed by atoms with Crippen LogP contribution in [0.1, 0.15) is 55.2 Å². The predicted octanol–water partition coefficient (Wildman–Crippen LogP) is 1.67. The molecule has 0 bridgehead atoms. The van der Waals surface area contributed by atoms with Gasteiger partial charge in [-0.25, -0.2) is 4.98 Å². The first-order valence-electron chi connectivity index (χ1n) is 11.2. The van der Waals surface area contributed by atoms with E-state index in [0.29, 0.717) is 24.9 Å². The average Bonchev–Trinajstić information content (AvgIpc) is 3.51. The maximum Gasteiger partial charge on any atom is 0.284 e. The smallest absolute Gasteiger partial charge is 0.284 e. The lowest BCUT2D eigenvalue weighted by molar-refractivity contribution is -0.132. The zero-order valence-corrected chi connectivity index (χ0v) is 19.9. The van der Waals surface area contributed by atoms with E-state index in [9.17, 15) is 19.2 Å². The molecule has 1 saturated carbocycles. The SMILES string of the molecule is NC(=O)c1nc2c(Cl)ccc(Cl)c2n1[C@@H](CC1CC1)C(=O)N[C@@H](C[C@@H]1CCCNC1=O)C(N)=O. The number of piperidine rings is 1. The molecule has 182 valence electrons. The Balaban J connectivity index is 1.70. The maximum atomic E-state index is 13.6. The van der Waals surface area contributed by atoms with Crippen LogP contribution in [0.5, 0.6) is 0 Å². The number of fused-ring (bicyclic) bond motifs is 1. The topological polar surface area (TPSA) is 162 Å². The quantitative estimate of drug-likeness (QED) is 0.404. The van der Waals surface area contributed by atoms with E-state index in [4.69, 9.17) is 34.7 Å². The molecule has 4 amide bonds. The van der Waals surface area contributed by atoms with Crippen molar-refractivity contribution in [3.05, 3.63) is 28.0 Å². The van der Waals surface area contributed by atoms with Crippen molar-refractivity contribution in [1.29, 1.82) is 0 Å². The second-order valence-electron chi connectivity index (χ2n) is 8.92. The largest absolute Gasteiger partial charge is 0.368 e. The van der Waals surface area contributed by atoms with Gasteiger partial charge in [0.05, 0.1) is 15.6 Å². The predicted molar refractivity (Wildman–Crippen MR) is 126 cm³/mol. The number of carbonyl (C=O) groups excluding carboxylic acids is 4. The molecule has 0 radical (unpaired) electrons. The summed E-state index contributed by atoms with van der Waals surface area (Å²) in [4.78, 5) is 54.5. The van der Waals surface area contributed by atoms with E-state index < -0.39 is 35.7 Å². The highest BCUT2D eigenvalue weighted by atomic mass is 35.5. The first-order valence-corrected chi connectivity index (χ1v) is 12.0. The Labute approximate surface area is 205 Å². The van der Waals surface area contributed by atoms with Crippen LogP contribution in [0.3, 0.4) is 0 Å². The number of aromatic nitrogens is 2. The van der Waals surface area contributed by atoms with Gasteiger partial charge in [0.25, 0.3) is 5.91 Å². The minimum atomic E-state index is -1.06. The molecule has 1 aliphatic heterocycles. The standard InChI is InChI=1S/C22H26Cl2N6O4/c23-12-5-6-13(24)17-16(12)29-20(19(26)32)30(17)15(8-10-3-4-10)22(34)28-14(18(25)31)9-11-2-1-7-27-21(11)33/h5-6,10-11,14-15H,1-4,7-9H2,(H2,25,31)(H2,26,32)(H,27,33)(H,28,34)/t11-,14-,15-/m0/s1. The Hall–Kier alpha value is -2.85.